The van der Waals surface area contributed by atoms with E-state index in [-0.39, 0.29) is 6.10 Å². The van der Waals surface area contributed by atoms with E-state index >= 15 is 0 Å². The first kappa shape index (κ1) is 14.8. The van der Waals surface area contributed by atoms with Gasteiger partial charge in [0.2, 0.25) is 5.91 Å². The van der Waals surface area contributed by atoms with Crippen LogP contribution in [0.25, 0.3) is 0 Å². The molecule has 2 aliphatic rings. The van der Waals surface area contributed by atoms with Gasteiger partial charge in [-0.15, -0.1) is 0 Å². The molecule has 1 aromatic carbocycles. The van der Waals surface area contributed by atoms with Crippen LogP contribution >= 0.6 is 0 Å². The highest BCUT2D eigenvalue weighted by atomic mass is 16.5. The molecule has 1 aliphatic carbocycles. The van der Waals surface area contributed by atoms with Crippen LogP contribution in [0, 0.1) is 5.41 Å². The van der Waals surface area contributed by atoms with E-state index in [2.05, 4.69) is 5.32 Å². The summed E-state index contributed by atoms with van der Waals surface area (Å²) in [6.07, 6.45) is 2.96. The van der Waals surface area contributed by atoms with Gasteiger partial charge in [0.25, 0.3) is 0 Å². The number of anilines is 1. The average Bonchev–Trinajstić information content (AvgIpc) is 3.16. The van der Waals surface area contributed by atoms with E-state index in [4.69, 9.17) is 14.6 Å². The summed E-state index contributed by atoms with van der Waals surface area (Å²) in [4.78, 5) is 23.2. The number of ether oxygens (including phenoxy) is 2. The largest absolute Gasteiger partial charge is 0.491 e. The number of carbonyl (C=O) groups excluding carboxylic acids is 1. The molecule has 0 spiro atoms. The molecule has 0 aromatic heterocycles. The van der Waals surface area contributed by atoms with E-state index in [1.165, 1.54) is 0 Å². The number of carboxylic acids is 1. The smallest absolute Gasteiger partial charge is 0.319 e. The lowest BCUT2D eigenvalue weighted by Gasteiger charge is -2.14. The Morgan fingerprint density at radius 1 is 1.41 bits per heavy atom. The Morgan fingerprint density at radius 3 is 2.86 bits per heavy atom. The molecule has 1 amide bonds. The van der Waals surface area contributed by atoms with Crippen molar-refractivity contribution in [3.63, 3.8) is 0 Å². The predicted octanol–water partition coefficient (Wildman–Crippen LogP) is 2.05. The maximum absolute atomic E-state index is 12.1. The van der Waals surface area contributed by atoms with E-state index in [0.717, 1.165) is 19.4 Å². The van der Waals surface area contributed by atoms with E-state index in [1.807, 2.05) is 0 Å². The van der Waals surface area contributed by atoms with Gasteiger partial charge < -0.3 is 19.9 Å². The van der Waals surface area contributed by atoms with Gasteiger partial charge in [0.05, 0.1) is 6.10 Å². The molecule has 1 aliphatic heterocycles. The van der Waals surface area contributed by atoms with Crippen molar-refractivity contribution in [1.29, 1.82) is 0 Å². The van der Waals surface area contributed by atoms with Gasteiger partial charge in [-0.1, -0.05) is 6.07 Å². The summed E-state index contributed by atoms with van der Waals surface area (Å²) in [5, 5.41) is 11.8. The van der Waals surface area contributed by atoms with Crippen molar-refractivity contribution in [2.45, 2.75) is 31.8 Å². The monoisotopic (exact) mass is 305 g/mol. The minimum absolute atomic E-state index is 0.125. The van der Waals surface area contributed by atoms with Crippen LogP contribution in [0.2, 0.25) is 0 Å². The van der Waals surface area contributed by atoms with E-state index in [1.54, 1.807) is 24.3 Å². The normalized spacial score (nSPS) is 22.1. The lowest BCUT2D eigenvalue weighted by atomic mass is 10.1. The Balaban J connectivity index is 1.59. The Hall–Kier alpha value is -2.08. The van der Waals surface area contributed by atoms with E-state index in [0.29, 0.717) is 30.9 Å². The summed E-state index contributed by atoms with van der Waals surface area (Å²) in [6, 6.07) is 6.98. The Kier molecular flexibility index (Phi) is 4.02. The first-order chi connectivity index (χ1) is 10.6. The Morgan fingerprint density at radius 2 is 2.23 bits per heavy atom. The maximum atomic E-state index is 12.1. The second-order valence-corrected chi connectivity index (χ2v) is 5.82. The number of amides is 1. The number of rotatable bonds is 6. The molecule has 1 aromatic rings. The molecule has 0 radical (unpaired) electrons. The molecule has 2 N–H and O–H groups in total. The second kappa shape index (κ2) is 5.96. The fourth-order valence-electron chi connectivity index (χ4n) is 2.54. The minimum Gasteiger partial charge on any atom is -0.491 e. The van der Waals surface area contributed by atoms with Crippen molar-refractivity contribution in [3.8, 4) is 5.75 Å². The Bertz CT molecular complexity index is 576. The van der Waals surface area contributed by atoms with E-state index in [9.17, 15) is 9.59 Å². The number of hydrogen-bond acceptors (Lipinski definition) is 4. The molecule has 1 heterocycles. The first-order valence-electron chi connectivity index (χ1n) is 7.49. The standard InChI is InChI=1S/C16H19NO5/c18-14(16(6-7-16)15(19)20)17-11-3-1-4-12(9-11)22-10-13-5-2-8-21-13/h1,3-4,9,13H,2,5-8,10H2,(H,17,18)(H,19,20). The van der Waals surface area contributed by atoms with Crippen LogP contribution in [-0.4, -0.2) is 36.3 Å². The molecular formula is C16H19NO5. The first-order valence-corrected chi connectivity index (χ1v) is 7.49. The number of carbonyl (C=O) groups is 2. The number of nitrogens with one attached hydrogen (secondary N) is 1. The highest BCUT2D eigenvalue weighted by Gasteiger charge is 2.57. The van der Waals surface area contributed by atoms with Crippen molar-refractivity contribution in [3.05, 3.63) is 24.3 Å². The third kappa shape index (κ3) is 3.06. The molecule has 6 nitrogen and oxygen atoms in total. The quantitative estimate of drug-likeness (QED) is 0.786. The van der Waals surface area contributed by atoms with E-state index < -0.39 is 17.3 Å². The number of aliphatic carboxylic acids is 1. The molecule has 1 saturated carbocycles. The summed E-state index contributed by atoms with van der Waals surface area (Å²) in [6.45, 7) is 1.26. The van der Waals surface area contributed by atoms with Crippen LogP contribution in [0.3, 0.4) is 0 Å². The highest BCUT2D eigenvalue weighted by Crippen LogP contribution is 2.46. The minimum atomic E-state index is -1.24. The maximum Gasteiger partial charge on any atom is 0.319 e. The third-order valence-electron chi connectivity index (χ3n) is 4.15. The Labute approximate surface area is 128 Å². The van der Waals surface area contributed by atoms with Gasteiger partial charge in [0.1, 0.15) is 17.8 Å². The van der Waals surface area contributed by atoms with Crippen molar-refractivity contribution in [1.82, 2.24) is 0 Å². The zero-order chi connectivity index (χ0) is 15.6. The van der Waals surface area contributed by atoms with Gasteiger partial charge in [0.15, 0.2) is 0 Å². The second-order valence-electron chi connectivity index (χ2n) is 5.82. The van der Waals surface area contributed by atoms with Gasteiger partial charge in [-0.2, -0.15) is 0 Å². The molecule has 1 unspecified atom stereocenters. The molecule has 3 rings (SSSR count). The van der Waals surface area contributed by atoms with Gasteiger partial charge in [-0.3, -0.25) is 9.59 Å². The lowest BCUT2D eigenvalue weighted by molar-refractivity contribution is -0.147. The van der Waals surface area contributed by atoms with Crippen LogP contribution < -0.4 is 10.1 Å². The average molecular weight is 305 g/mol. The zero-order valence-corrected chi connectivity index (χ0v) is 12.2. The summed E-state index contributed by atoms with van der Waals surface area (Å²) in [7, 11) is 0. The van der Waals surface area contributed by atoms with Gasteiger partial charge in [0, 0.05) is 18.4 Å². The fraction of sp³-hybridized carbons (Fsp3) is 0.500. The van der Waals surface area contributed by atoms with Crippen LogP contribution in [-0.2, 0) is 14.3 Å². The number of carboxylic acid groups (broad SMARTS) is 1. The summed E-state index contributed by atoms with van der Waals surface area (Å²) in [5.74, 6) is -0.888. The van der Waals surface area contributed by atoms with Gasteiger partial charge in [-0.05, 0) is 37.8 Å². The molecule has 6 heteroatoms. The number of benzene rings is 1. The molecule has 2 fully saturated rings. The van der Waals surface area contributed by atoms with Gasteiger partial charge in [-0.25, -0.2) is 0 Å². The third-order valence-corrected chi connectivity index (χ3v) is 4.15. The molecule has 1 atom stereocenters. The topological polar surface area (TPSA) is 84.9 Å². The zero-order valence-electron chi connectivity index (χ0n) is 12.2. The van der Waals surface area contributed by atoms with Gasteiger partial charge >= 0.3 is 5.97 Å². The van der Waals surface area contributed by atoms with Crippen molar-refractivity contribution in [2.24, 2.45) is 5.41 Å². The number of hydrogen-bond donors (Lipinski definition) is 2. The van der Waals surface area contributed by atoms with Crippen LogP contribution in [0.1, 0.15) is 25.7 Å². The van der Waals surface area contributed by atoms with Crippen LogP contribution in [0.5, 0.6) is 5.75 Å². The summed E-state index contributed by atoms with van der Waals surface area (Å²) >= 11 is 0. The molecule has 22 heavy (non-hydrogen) atoms. The molecule has 0 bridgehead atoms. The molecule has 118 valence electrons. The lowest BCUT2D eigenvalue weighted by Crippen LogP contribution is -2.31. The highest BCUT2D eigenvalue weighted by molar-refractivity contribution is 6.10. The summed E-state index contributed by atoms with van der Waals surface area (Å²) in [5.41, 5.74) is -0.698. The molecular weight excluding hydrogens is 286 g/mol. The fourth-order valence-corrected chi connectivity index (χ4v) is 2.54. The summed E-state index contributed by atoms with van der Waals surface area (Å²) < 4.78 is 11.2. The van der Waals surface area contributed by atoms with Crippen molar-refractivity contribution >= 4 is 17.6 Å². The van der Waals surface area contributed by atoms with Crippen molar-refractivity contribution < 1.29 is 24.2 Å². The SMILES string of the molecule is O=C(O)C1(C(=O)Nc2cccc(OCC3CCCO3)c2)CC1. The molecule has 1 saturated heterocycles. The van der Waals surface area contributed by atoms with Crippen LogP contribution in [0.4, 0.5) is 5.69 Å². The van der Waals surface area contributed by atoms with Crippen molar-refractivity contribution in [2.75, 3.05) is 18.5 Å². The predicted molar refractivity (Wildman–Crippen MR) is 78.8 cm³/mol. The van der Waals surface area contributed by atoms with Crippen LogP contribution in [0.15, 0.2) is 24.3 Å².